The smallest absolute Gasteiger partial charge is 0.320 e. The Bertz CT molecular complexity index is 219. The average Bonchev–Trinajstić information content (AvgIpc) is 2.16. The van der Waals surface area contributed by atoms with Crippen LogP contribution in [0.15, 0.2) is 0 Å². The monoisotopic (exact) mass is 216 g/mol. The largest absolute Gasteiger partial charge is 0.465 e. The van der Waals surface area contributed by atoms with Crippen LogP contribution in [0.3, 0.4) is 0 Å². The summed E-state index contributed by atoms with van der Waals surface area (Å²) in [7, 11) is 0. The first kappa shape index (κ1) is 13.9. The first-order valence-corrected chi connectivity index (χ1v) is 5.18. The normalized spacial score (nSPS) is 12.5. The van der Waals surface area contributed by atoms with Crippen LogP contribution in [-0.2, 0) is 14.3 Å². The second kappa shape index (κ2) is 7.23. The summed E-state index contributed by atoms with van der Waals surface area (Å²) >= 11 is 0. The highest BCUT2D eigenvalue weighted by atomic mass is 16.5. The maximum Gasteiger partial charge on any atom is 0.320 e. The van der Waals surface area contributed by atoms with E-state index in [1.165, 1.54) is 0 Å². The van der Waals surface area contributed by atoms with Crippen LogP contribution in [0.4, 0.5) is 0 Å². The van der Waals surface area contributed by atoms with Gasteiger partial charge < -0.3 is 10.5 Å². The van der Waals surface area contributed by atoms with Gasteiger partial charge in [-0.1, -0.05) is 13.8 Å². The Kier molecular flexibility index (Phi) is 6.70. The van der Waals surface area contributed by atoms with Crippen molar-refractivity contribution in [3.8, 4) is 0 Å². The van der Waals surface area contributed by atoms with E-state index in [1.807, 2.05) is 11.8 Å². The molecule has 1 atom stereocenters. The molecule has 0 aromatic heterocycles. The number of primary amides is 1. The number of rotatable bonds is 7. The molecule has 0 aliphatic rings. The molecule has 0 aromatic carbocycles. The molecule has 0 aliphatic heterocycles. The van der Waals surface area contributed by atoms with Crippen LogP contribution < -0.4 is 5.73 Å². The average molecular weight is 216 g/mol. The molecule has 0 aromatic rings. The summed E-state index contributed by atoms with van der Waals surface area (Å²) in [5, 5.41) is 0. The summed E-state index contributed by atoms with van der Waals surface area (Å²) in [5.41, 5.74) is 5.15. The van der Waals surface area contributed by atoms with Crippen LogP contribution >= 0.6 is 0 Å². The first-order chi connectivity index (χ1) is 7.01. The predicted molar refractivity (Wildman–Crippen MR) is 57.1 cm³/mol. The molecule has 0 radical (unpaired) electrons. The number of esters is 1. The van der Waals surface area contributed by atoms with Gasteiger partial charge >= 0.3 is 5.97 Å². The maximum atomic E-state index is 11.2. The molecule has 88 valence electrons. The number of carbonyl (C=O) groups excluding carboxylic acids is 2. The number of carbonyl (C=O) groups is 2. The van der Waals surface area contributed by atoms with Crippen molar-refractivity contribution >= 4 is 11.9 Å². The molecule has 1 unspecified atom stereocenters. The van der Waals surface area contributed by atoms with E-state index in [2.05, 4.69) is 0 Å². The fraction of sp³-hybridized carbons (Fsp3) is 0.800. The molecular weight excluding hydrogens is 196 g/mol. The summed E-state index contributed by atoms with van der Waals surface area (Å²) in [6, 6.07) is 0. The second-order valence-electron chi connectivity index (χ2n) is 3.44. The van der Waals surface area contributed by atoms with Crippen molar-refractivity contribution in [1.29, 1.82) is 0 Å². The maximum absolute atomic E-state index is 11.2. The number of ether oxygens (including phenoxy) is 1. The highest BCUT2D eigenvalue weighted by Crippen LogP contribution is 1.99. The molecule has 15 heavy (non-hydrogen) atoms. The highest BCUT2D eigenvalue weighted by molar-refractivity contribution is 5.76. The quantitative estimate of drug-likeness (QED) is 0.608. The number of hydrogen-bond donors (Lipinski definition) is 1. The van der Waals surface area contributed by atoms with E-state index >= 15 is 0 Å². The zero-order valence-electron chi connectivity index (χ0n) is 9.66. The zero-order chi connectivity index (χ0) is 11.8. The van der Waals surface area contributed by atoms with E-state index in [0.717, 1.165) is 0 Å². The summed E-state index contributed by atoms with van der Waals surface area (Å²) in [6.07, 6.45) is 0. The number of hydrogen-bond acceptors (Lipinski definition) is 4. The molecule has 5 nitrogen and oxygen atoms in total. The van der Waals surface area contributed by atoms with Crippen molar-refractivity contribution in [2.75, 3.05) is 26.2 Å². The molecule has 0 heterocycles. The Balaban J connectivity index is 4.02. The van der Waals surface area contributed by atoms with Gasteiger partial charge in [0.15, 0.2) is 0 Å². The number of nitrogens with zero attached hydrogens (tertiary/aromatic N) is 1. The van der Waals surface area contributed by atoms with Gasteiger partial charge in [0.2, 0.25) is 5.91 Å². The minimum Gasteiger partial charge on any atom is -0.465 e. The summed E-state index contributed by atoms with van der Waals surface area (Å²) in [4.78, 5) is 23.9. The van der Waals surface area contributed by atoms with E-state index in [9.17, 15) is 9.59 Å². The standard InChI is InChI=1S/C10H20N2O3/c1-4-12(6-8(3)10(11)14)7-9(13)15-5-2/h8H,4-7H2,1-3H3,(H2,11,14). The Morgan fingerprint density at radius 3 is 2.40 bits per heavy atom. The molecular formula is C10H20N2O3. The van der Waals surface area contributed by atoms with Crippen LogP contribution in [0, 0.1) is 5.92 Å². The lowest BCUT2D eigenvalue weighted by Crippen LogP contribution is -2.38. The number of amides is 1. The van der Waals surface area contributed by atoms with Crippen LogP contribution in [-0.4, -0.2) is 43.0 Å². The van der Waals surface area contributed by atoms with Gasteiger partial charge in [0, 0.05) is 12.5 Å². The van der Waals surface area contributed by atoms with E-state index in [-0.39, 0.29) is 24.3 Å². The van der Waals surface area contributed by atoms with E-state index in [0.29, 0.717) is 19.7 Å². The van der Waals surface area contributed by atoms with Gasteiger partial charge in [-0.05, 0) is 13.5 Å². The third-order valence-electron chi connectivity index (χ3n) is 2.12. The molecule has 0 saturated carbocycles. The molecule has 0 spiro atoms. The topological polar surface area (TPSA) is 72.6 Å². The fourth-order valence-corrected chi connectivity index (χ4v) is 1.17. The van der Waals surface area contributed by atoms with Crippen LogP contribution in [0.25, 0.3) is 0 Å². The Hall–Kier alpha value is -1.10. The summed E-state index contributed by atoms with van der Waals surface area (Å²) < 4.78 is 4.82. The van der Waals surface area contributed by atoms with Crippen molar-refractivity contribution in [1.82, 2.24) is 4.90 Å². The minimum atomic E-state index is -0.350. The number of likely N-dealkylation sites (N-methyl/N-ethyl adjacent to an activating group) is 1. The van der Waals surface area contributed by atoms with E-state index in [4.69, 9.17) is 10.5 Å². The molecule has 0 bridgehead atoms. The van der Waals surface area contributed by atoms with Crippen LogP contribution in [0.1, 0.15) is 20.8 Å². The molecule has 0 saturated heterocycles. The van der Waals surface area contributed by atoms with Gasteiger partial charge in [-0.2, -0.15) is 0 Å². The van der Waals surface area contributed by atoms with E-state index < -0.39 is 0 Å². The van der Waals surface area contributed by atoms with Crippen molar-refractivity contribution in [3.63, 3.8) is 0 Å². The van der Waals surface area contributed by atoms with Crippen molar-refractivity contribution in [2.24, 2.45) is 11.7 Å². The van der Waals surface area contributed by atoms with Crippen molar-refractivity contribution in [2.45, 2.75) is 20.8 Å². The Morgan fingerprint density at radius 2 is 2.00 bits per heavy atom. The van der Waals surface area contributed by atoms with Gasteiger partial charge in [0.05, 0.1) is 13.2 Å². The van der Waals surface area contributed by atoms with Crippen molar-refractivity contribution in [3.05, 3.63) is 0 Å². The Labute approximate surface area is 90.6 Å². The lowest BCUT2D eigenvalue weighted by Gasteiger charge is -2.21. The number of nitrogens with two attached hydrogens (primary N) is 1. The molecule has 0 rings (SSSR count). The molecule has 0 aliphatic carbocycles. The molecule has 5 heteroatoms. The highest BCUT2D eigenvalue weighted by Gasteiger charge is 2.16. The SMILES string of the molecule is CCOC(=O)CN(CC)CC(C)C(N)=O. The first-order valence-electron chi connectivity index (χ1n) is 5.18. The minimum absolute atomic E-state index is 0.210. The fourth-order valence-electron chi connectivity index (χ4n) is 1.17. The van der Waals surface area contributed by atoms with Crippen LogP contribution in [0.5, 0.6) is 0 Å². The molecule has 1 amide bonds. The van der Waals surface area contributed by atoms with Crippen molar-refractivity contribution < 1.29 is 14.3 Å². The summed E-state index contributed by atoms with van der Waals surface area (Å²) in [5.74, 6) is -0.868. The van der Waals surface area contributed by atoms with Gasteiger partial charge in [-0.3, -0.25) is 14.5 Å². The lowest BCUT2D eigenvalue weighted by atomic mass is 10.1. The van der Waals surface area contributed by atoms with Gasteiger partial charge in [0.1, 0.15) is 0 Å². The third-order valence-corrected chi connectivity index (χ3v) is 2.12. The van der Waals surface area contributed by atoms with E-state index in [1.54, 1.807) is 13.8 Å². The lowest BCUT2D eigenvalue weighted by molar-refractivity contribution is -0.144. The molecule has 0 fully saturated rings. The third kappa shape index (κ3) is 6.06. The second-order valence-corrected chi connectivity index (χ2v) is 3.44. The van der Waals surface area contributed by atoms with Gasteiger partial charge in [-0.25, -0.2) is 0 Å². The predicted octanol–water partition coefficient (Wildman–Crippen LogP) is -0.00720. The van der Waals surface area contributed by atoms with Gasteiger partial charge in [0.25, 0.3) is 0 Å². The van der Waals surface area contributed by atoms with Crippen LogP contribution in [0.2, 0.25) is 0 Å². The van der Waals surface area contributed by atoms with Gasteiger partial charge in [-0.15, -0.1) is 0 Å². The summed E-state index contributed by atoms with van der Waals surface area (Å²) in [6.45, 7) is 7.20. The Morgan fingerprint density at radius 1 is 1.40 bits per heavy atom. The molecule has 2 N–H and O–H groups in total. The zero-order valence-corrected chi connectivity index (χ0v) is 9.66.